The lowest BCUT2D eigenvalue weighted by Crippen LogP contribution is -2.42. The summed E-state index contributed by atoms with van der Waals surface area (Å²) in [5, 5.41) is 3.67. The Morgan fingerprint density at radius 2 is 1.81 bits per heavy atom. The molecule has 0 unspecified atom stereocenters. The van der Waals surface area contributed by atoms with Gasteiger partial charge >= 0.3 is 6.03 Å². The van der Waals surface area contributed by atoms with Gasteiger partial charge in [0.2, 0.25) is 0 Å². The second-order valence-electron chi connectivity index (χ2n) is 8.40. The lowest BCUT2D eigenvalue weighted by atomic mass is 9.88. The van der Waals surface area contributed by atoms with Gasteiger partial charge in [-0.2, -0.15) is 0 Å². The van der Waals surface area contributed by atoms with Gasteiger partial charge in [-0.1, -0.05) is 47.5 Å². The smallest absolute Gasteiger partial charge is 0.329 e. The van der Waals surface area contributed by atoms with Crippen molar-refractivity contribution in [2.45, 2.75) is 32.9 Å². The van der Waals surface area contributed by atoms with Gasteiger partial charge in [0.15, 0.2) is 0 Å². The zero-order chi connectivity index (χ0) is 22.5. The number of hydrogen-bond donors (Lipinski definition) is 1. The summed E-state index contributed by atoms with van der Waals surface area (Å²) >= 11 is 12.8. The van der Waals surface area contributed by atoms with E-state index in [0.29, 0.717) is 21.2 Å². The largest absolute Gasteiger partial charge is 0.365 e. The summed E-state index contributed by atoms with van der Waals surface area (Å²) in [5.41, 5.74) is 4.63. The van der Waals surface area contributed by atoms with Gasteiger partial charge < -0.3 is 10.2 Å². The number of allylic oxidation sites excluding steroid dienone is 1. The average Bonchev–Trinajstić information content (AvgIpc) is 2.96. The van der Waals surface area contributed by atoms with Gasteiger partial charge in [0, 0.05) is 28.3 Å². The molecule has 2 aliphatic rings. The molecular formula is C24H23Cl2N3O2. The SMILES string of the molecule is CC1=CC(C)(C)N(C)c2cc(Cl)c(/C=C3/NC(=O)N(Cc4ccccc4Cl)C3=O)cc21. The van der Waals surface area contributed by atoms with Crippen molar-refractivity contribution in [1.29, 1.82) is 0 Å². The molecule has 0 aromatic heterocycles. The summed E-state index contributed by atoms with van der Waals surface area (Å²) in [7, 11) is 2.03. The van der Waals surface area contributed by atoms with E-state index in [1.807, 2.05) is 25.2 Å². The average molecular weight is 456 g/mol. The number of carbonyl (C=O) groups excluding carboxylic acids is 2. The Balaban J connectivity index is 1.67. The fourth-order valence-corrected chi connectivity index (χ4v) is 4.37. The predicted octanol–water partition coefficient (Wildman–Crippen LogP) is 5.72. The van der Waals surface area contributed by atoms with Gasteiger partial charge in [0.25, 0.3) is 5.91 Å². The van der Waals surface area contributed by atoms with Gasteiger partial charge in [-0.25, -0.2) is 4.79 Å². The molecule has 31 heavy (non-hydrogen) atoms. The Morgan fingerprint density at radius 1 is 1.10 bits per heavy atom. The van der Waals surface area contributed by atoms with Gasteiger partial charge in [-0.3, -0.25) is 9.69 Å². The van der Waals surface area contributed by atoms with E-state index in [4.69, 9.17) is 23.2 Å². The molecule has 7 heteroatoms. The first kappa shape index (κ1) is 21.5. The van der Waals surface area contributed by atoms with Crippen LogP contribution in [0.5, 0.6) is 0 Å². The lowest BCUT2D eigenvalue weighted by molar-refractivity contribution is -0.123. The summed E-state index contributed by atoms with van der Waals surface area (Å²) in [6, 6.07) is 10.5. The van der Waals surface area contributed by atoms with E-state index < -0.39 is 11.9 Å². The Bertz CT molecular complexity index is 1170. The highest BCUT2D eigenvalue weighted by atomic mass is 35.5. The maximum absolute atomic E-state index is 12.9. The lowest BCUT2D eigenvalue weighted by Gasteiger charge is -2.40. The number of amides is 3. The van der Waals surface area contributed by atoms with Crippen molar-refractivity contribution in [3.63, 3.8) is 0 Å². The first-order valence-electron chi connectivity index (χ1n) is 9.93. The molecule has 1 N–H and O–H groups in total. The normalized spacial score (nSPS) is 18.9. The van der Waals surface area contributed by atoms with Crippen LogP contribution in [0.3, 0.4) is 0 Å². The number of rotatable bonds is 3. The van der Waals surface area contributed by atoms with E-state index in [0.717, 1.165) is 21.7 Å². The molecule has 1 saturated heterocycles. The highest BCUT2D eigenvalue weighted by Crippen LogP contribution is 2.41. The third-order valence-electron chi connectivity index (χ3n) is 5.88. The highest BCUT2D eigenvalue weighted by Gasteiger charge is 2.34. The minimum atomic E-state index is -0.484. The first-order valence-corrected chi connectivity index (χ1v) is 10.7. The molecule has 5 nitrogen and oxygen atoms in total. The van der Waals surface area contributed by atoms with Crippen molar-refractivity contribution in [2.24, 2.45) is 0 Å². The second-order valence-corrected chi connectivity index (χ2v) is 9.22. The Kier molecular flexibility index (Phi) is 5.36. The molecule has 0 atom stereocenters. The number of urea groups is 1. The van der Waals surface area contributed by atoms with Crippen molar-refractivity contribution in [1.82, 2.24) is 10.2 Å². The molecule has 2 heterocycles. The molecule has 0 aliphatic carbocycles. The van der Waals surface area contributed by atoms with Crippen LogP contribution in [-0.4, -0.2) is 29.4 Å². The van der Waals surface area contributed by atoms with E-state index in [1.165, 1.54) is 0 Å². The van der Waals surface area contributed by atoms with Crippen LogP contribution in [0.25, 0.3) is 11.6 Å². The van der Waals surface area contributed by atoms with Crippen LogP contribution in [-0.2, 0) is 11.3 Å². The van der Waals surface area contributed by atoms with Crippen LogP contribution < -0.4 is 10.2 Å². The number of halogens is 2. The van der Waals surface area contributed by atoms with E-state index in [9.17, 15) is 9.59 Å². The summed E-state index contributed by atoms with van der Waals surface area (Å²) in [6.07, 6.45) is 3.83. The Hall–Kier alpha value is -2.76. The van der Waals surface area contributed by atoms with E-state index >= 15 is 0 Å². The van der Waals surface area contributed by atoms with Crippen molar-refractivity contribution >= 4 is 52.5 Å². The highest BCUT2D eigenvalue weighted by molar-refractivity contribution is 6.33. The molecule has 0 radical (unpaired) electrons. The minimum absolute atomic E-state index is 0.0985. The monoisotopic (exact) mass is 455 g/mol. The third kappa shape index (κ3) is 3.84. The van der Waals surface area contributed by atoms with Crippen LogP contribution in [0.4, 0.5) is 10.5 Å². The number of hydrogen-bond acceptors (Lipinski definition) is 3. The molecule has 0 saturated carbocycles. The van der Waals surface area contributed by atoms with Crippen LogP contribution >= 0.6 is 23.2 Å². The zero-order valence-corrected chi connectivity index (χ0v) is 19.3. The number of anilines is 1. The fraction of sp³-hybridized carbons (Fsp3) is 0.250. The van der Waals surface area contributed by atoms with Crippen molar-refractivity contribution < 1.29 is 9.59 Å². The Labute approximate surface area is 191 Å². The maximum atomic E-state index is 12.9. The van der Waals surface area contributed by atoms with Gasteiger partial charge in [0.1, 0.15) is 5.70 Å². The van der Waals surface area contributed by atoms with Gasteiger partial charge in [0.05, 0.1) is 12.1 Å². The molecular weight excluding hydrogens is 433 g/mol. The van der Waals surface area contributed by atoms with Gasteiger partial charge in [-0.15, -0.1) is 0 Å². The number of benzene rings is 2. The summed E-state index contributed by atoms with van der Waals surface area (Å²) in [5.74, 6) is -0.413. The first-order chi connectivity index (χ1) is 14.6. The molecule has 4 rings (SSSR count). The van der Waals surface area contributed by atoms with Gasteiger partial charge in [-0.05, 0) is 61.7 Å². The number of nitrogens with one attached hydrogen (secondary N) is 1. The molecule has 2 aromatic rings. The van der Waals surface area contributed by atoms with Crippen LogP contribution in [0.15, 0.2) is 48.2 Å². The number of carbonyl (C=O) groups is 2. The number of likely N-dealkylation sites (N-methyl/N-ethyl adjacent to an activating group) is 1. The summed E-state index contributed by atoms with van der Waals surface area (Å²) in [6.45, 7) is 6.45. The quantitative estimate of drug-likeness (QED) is 0.475. The molecule has 2 aromatic carbocycles. The summed E-state index contributed by atoms with van der Waals surface area (Å²) < 4.78 is 0. The third-order valence-corrected chi connectivity index (χ3v) is 6.58. The van der Waals surface area contributed by atoms with E-state index in [1.54, 1.807) is 24.3 Å². The standard InChI is InChI=1S/C24H23Cl2N3O2/c1-14-12-24(2,3)28(4)21-11-19(26)16(9-17(14)21)10-20-22(30)29(23(31)27-20)13-15-7-5-6-8-18(15)25/h5-12H,13H2,1-4H3,(H,27,31)/b20-10+. The number of fused-ring (bicyclic) bond motifs is 1. The molecule has 160 valence electrons. The molecule has 0 spiro atoms. The topological polar surface area (TPSA) is 52.7 Å². The zero-order valence-electron chi connectivity index (χ0n) is 17.8. The molecule has 2 aliphatic heterocycles. The van der Waals surface area contributed by atoms with Crippen LogP contribution in [0, 0.1) is 0 Å². The fourth-order valence-electron chi connectivity index (χ4n) is 3.97. The molecule has 3 amide bonds. The van der Waals surface area contributed by atoms with Crippen LogP contribution in [0.2, 0.25) is 10.0 Å². The maximum Gasteiger partial charge on any atom is 0.329 e. The predicted molar refractivity (Wildman–Crippen MR) is 126 cm³/mol. The number of nitrogens with zero attached hydrogens (tertiary/aromatic N) is 2. The van der Waals surface area contributed by atoms with Crippen molar-refractivity contribution in [3.8, 4) is 0 Å². The Morgan fingerprint density at radius 3 is 2.52 bits per heavy atom. The van der Waals surface area contributed by atoms with E-state index in [-0.39, 0.29) is 17.8 Å². The van der Waals surface area contributed by atoms with E-state index in [2.05, 4.69) is 37.1 Å². The molecule has 1 fully saturated rings. The summed E-state index contributed by atoms with van der Waals surface area (Å²) in [4.78, 5) is 28.7. The van der Waals surface area contributed by atoms with Crippen LogP contribution in [0.1, 0.15) is 37.5 Å². The molecule has 0 bridgehead atoms. The van der Waals surface area contributed by atoms with Crippen molar-refractivity contribution in [2.75, 3.05) is 11.9 Å². The van der Waals surface area contributed by atoms with Crippen molar-refractivity contribution in [3.05, 3.63) is 74.9 Å². The minimum Gasteiger partial charge on any atom is -0.365 e. The number of imide groups is 1. The second kappa shape index (κ2) is 7.74.